The molecule has 4 heteroatoms. The maximum atomic E-state index is 11.4. The van der Waals surface area contributed by atoms with E-state index in [4.69, 9.17) is 16.3 Å². The summed E-state index contributed by atoms with van der Waals surface area (Å²) in [5.74, 6) is 0.110. The fraction of sp³-hybridized carbons (Fsp3) is 0.455. The normalized spacial score (nSPS) is 23.6. The summed E-state index contributed by atoms with van der Waals surface area (Å²) in [5, 5.41) is 0.618. The van der Waals surface area contributed by atoms with E-state index in [2.05, 4.69) is 4.98 Å². The van der Waals surface area contributed by atoms with Gasteiger partial charge in [0.15, 0.2) is 0 Å². The van der Waals surface area contributed by atoms with Gasteiger partial charge in [-0.05, 0) is 25.5 Å². The van der Waals surface area contributed by atoms with Crippen molar-refractivity contribution in [3.8, 4) is 0 Å². The first-order valence-corrected chi connectivity index (χ1v) is 5.38. The molecule has 0 spiro atoms. The van der Waals surface area contributed by atoms with Gasteiger partial charge in [0.2, 0.25) is 0 Å². The lowest BCUT2D eigenvalue weighted by Crippen LogP contribution is -2.07. The van der Waals surface area contributed by atoms with Crippen molar-refractivity contribution in [3.63, 3.8) is 0 Å². The first-order chi connectivity index (χ1) is 7.22. The zero-order valence-corrected chi connectivity index (χ0v) is 9.20. The summed E-state index contributed by atoms with van der Waals surface area (Å²) in [6.07, 6.45) is 2.45. The number of hydrogen-bond donors (Lipinski definition) is 0. The van der Waals surface area contributed by atoms with Gasteiger partial charge < -0.3 is 4.74 Å². The summed E-state index contributed by atoms with van der Waals surface area (Å²) in [6, 6.07) is 3.66. The molecule has 80 valence electrons. The highest BCUT2D eigenvalue weighted by atomic mass is 35.5. The standard InChI is InChI=1S/C11H12ClNO2/c1-2-15-11(14)9-5-8(9)10-4-3-7(12)6-13-10/h3-4,6,8-9H,2,5H2,1H3/t8-,9+/m0/s1. The van der Waals surface area contributed by atoms with Crippen molar-refractivity contribution < 1.29 is 9.53 Å². The van der Waals surface area contributed by atoms with Gasteiger partial charge in [-0.1, -0.05) is 11.6 Å². The lowest BCUT2D eigenvalue weighted by atomic mass is 10.2. The van der Waals surface area contributed by atoms with E-state index >= 15 is 0 Å². The third kappa shape index (κ3) is 2.29. The number of pyridine rings is 1. The molecule has 0 N–H and O–H groups in total. The van der Waals surface area contributed by atoms with Crippen LogP contribution in [0.15, 0.2) is 18.3 Å². The second kappa shape index (κ2) is 4.19. The van der Waals surface area contributed by atoms with Crippen molar-refractivity contribution in [3.05, 3.63) is 29.0 Å². The minimum absolute atomic E-state index is 0.00127. The monoisotopic (exact) mass is 225 g/mol. The van der Waals surface area contributed by atoms with Crippen LogP contribution in [-0.4, -0.2) is 17.6 Å². The molecule has 0 aromatic carbocycles. The number of ether oxygens (including phenoxy) is 1. The van der Waals surface area contributed by atoms with E-state index in [-0.39, 0.29) is 17.8 Å². The molecule has 0 unspecified atom stereocenters. The van der Waals surface area contributed by atoms with Crippen molar-refractivity contribution in [2.24, 2.45) is 5.92 Å². The molecule has 1 fully saturated rings. The summed E-state index contributed by atoms with van der Waals surface area (Å²) >= 11 is 5.73. The first-order valence-electron chi connectivity index (χ1n) is 5.00. The van der Waals surface area contributed by atoms with E-state index in [0.717, 1.165) is 12.1 Å². The Labute approximate surface area is 93.4 Å². The highest BCUT2D eigenvalue weighted by molar-refractivity contribution is 6.30. The lowest BCUT2D eigenvalue weighted by molar-refractivity contribution is -0.144. The predicted molar refractivity (Wildman–Crippen MR) is 56.7 cm³/mol. The molecule has 0 saturated heterocycles. The van der Waals surface area contributed by atoms with Crippen LogP contribution in [0.1, 0.15) is 25.0 Å². The van der Waals surface area contributed by atoms with Gasteiger partial charge in [-0.25, -0.2) is 0 Å². The van der Waals surface area contributed by atoms with E-state index in [1.807, 2.05) is 13.0 Å². The Morgan fingerprint density at radius 2 is 2.47 bits per heavy atom. The van der Waals surface area contributed by atoms with E-state index in [0.29, 0.717) is 11.6 Å². The van der Waals surface area contributed by atoms with Gasteiger partial charge in [-0.2, -0.15) is 0 Å². The summed E-state index contributed by atoms with van der Waals surface area (Å²) in [5.41, 5.74) is 0.928. The molecule has 0 radical (unpaired) electrons. The van der Waals surface area contributed by atoms with Gasteiger partial charge in [0, 0.05) is 17.8 Å². The molecule has 0 amide bonds. The quantitative estimate of drug-likeness (QED) is 0.742. The summed E-state index contributed by atoms with van der Waals surface area (Å²) < 4.78 is 4.95. The average Bonchev–Trinajstić information content (AvgIpc) is 2.99. The zero-order valence-electron chi connectivity index (χ0n) is 8.44. The Hall–Kier alpha value is -1.09. The van der Waals surface area contributed by atoms with Crippen LogP contribution >= 0.6 is 11.6 Å². The first kappa shape index (κ1) is 10.4. The number of esters is 1. The molecule has 1 aromatic rings. The number of halogens is 1. The molecule has 1 aliphatic carbocycles. The van der Waals surface area contributed by atoms with Crippen LogP contribution in [0.3, 0.4) is 0 Å². The Bertz CT molecular complexity index is 363. The highest BCUT2D eigenvalue weighted by Crippen LogP contribution is 2.47. The van der Waals surface area contributed by atoms with E-state index < -0.39 is 0 Å². The van der Waals surface area contributed by atoms with Crippen LogP contribution in [0.5, 0.6) is 0 Å². The van der Waals surface area contributed by atoms with Gasteiger partial charge in [0.05, 0.1) is 17.5 Å². The van der Waals surface area contributed by atoms with Crippen LogP contribution in [0, 0.1) is 5.92 Å². The van der Waals surface area contributed by atoms with Crippen LogP contribution in [-0.2, 0) is 9.53 Å². The number of aromatic nitrogens is 1. The number of hydrogen-bond acceptors (Lipinski definition) is 3. The SMILES string of the molecule is CCOC(=O)[C@@H]1C[C@@H]1c1ccc(Cl)cn1. The molecule has 15 heavy (non-hydrogen) atoms. The predicted octanol–water partition coefficient (Wildman–Crippen LogP) is 2.40. The zero-order chi connectivity index (χ0) is 10.8. The summed E-state index contributed by atoms with van der Waals surface area (Å²) in [6.45, 7) is 2.26. The minimum Gasteiger partial charge on any atom is -0.466 e. The second-order valence-corrected chi connectivity index (χ2v) is 4.04. The van der Waals surface area contributed by atoms with Crippen molar-refractivity contribution in [2.45, 2.75) is 19.3 Å². The smallest absolute Gasteiger partial charge is 0.309 e. The largest absolute Gasteiger partial charge is 0.466 e. The Morgan fingerprint density at radius 1 is 1.67 bits per heavy atom. The molecule has 1 saturated carbocycles. The van der Waals surface area contributed by atoms with Crippen molar-refractivity contribution >= 4 is 17.6 Å². The molecule has 1 aromatic heterocycles. The van der Waals surface area contributed by atoms with Crippen LogP contribution < -0.4 is 0 Å². The fourth-order valence-electron chi connectivity index (χ4n) is 1.64. The lowest BCUT2D eigenvalue weighted by Gasteiger charge is -2.00. The average molecular weight is 226 g/mol. The third-order valence-electron chi connectivity index (χ3n) is 2.51. The number of nitrogens with zero attached hydrogens (tertiary/aromatic N) is 1. The maximum Gasteiger partial charge on any atom is 0.309 e. The van der Waals surface area contributed by atoms with E-state index in [1.54, 1.807) is 12.3 Å². The van der Waals surface area contributed by atoms with Crippen LogP contribution in [0.4, 0.5) is 0 Å². The highest BCUT2D eigenvalue weighted by Gasteiger charge is 2.45. The topological polar surface area (TPSA) is 39.2 Å². The Kier molecular flexibility index (Phi) is 2.91. The van der Waals surface area contributed by atoms with Crippen molar-refractivity contribution in [1.29, 1.82) is 0 Å². The Balaban J connectivity index is 1.98. The van der Waals surface area contributed by atoms with Crippen molar-refractivity contribution in [2.75, 3.05) is 6.61 Å². The molecule has 1 aliphatic rings. The van der Waals surface area contributed by atoms with Gasteiger partial charge in [-0.15, -0.1) is 0 Å². The summed E-state index contributed by atoms with van der Waals surface area (Å²) in [4.78, 5) is 15.6. The summed E-state index contributed by atoms with van der Waals surface area (Å²) in [7, 11) is 0. The molecule has 2 rings (SSSR count). The fourth-order valence-corrected chi connectivity index (χ4v) is 1.75. The number of carbonyl (C=O) groups excluding carboxylic acids is 1. The minimum atomic E-state index is -0.112. The van der Waals surface area contributed by atoms with Crippen molar-refractivity contribution in [1.82, 2.24) is 4.98 Å². The molecule has 0 aliphatic heterocycles. The maximum absolute atomic E-state index is 11.4. The molecule has 2 atom stereocenters. The van der Waals surface area contributed by atoms with Gasteiger partial charge in [-0.3, -0.25) is 9.78 Å². The number of carbonyl (C=O) groups is 1. The second-order valence-electron chi connectivity index (χ2n) is 3.60. The third-order valence-corrected chi connectivity index (χ3v) is 2.73. The Morgan fingerprint density at radius 3 is 3.07 bits per heavy atom. The van der Waals surface area contributed by atoms with Crippen LogP contribution in [0.2, 0.25) is 5.02 Å². The van der Waals surface area contributed by atoms with Gasteiger partial charge in [0.25, 0.3) is 0 Å². The van der Waals surface area contributed by atoms with Gasteiger partial charge in [0.1, 0.15) is 0 Å². The molecule has 0 bridgehead atoms. The van der Waals surface area contributed by atoms with Gasteiger partial charge >= 0.3 is 5.97 Å². The van der Waals surface area contributed by atoms with Crippen LogP contribution in [0.25, 0.3) is 0 Å². The number of rotatable bonds is 3. The molecular weight excluding hydrogens is 214 g/mol. The van der Waals surface area contributed by atoms with E-state index in [1.165, 1.54) is 0 Å². The molecule has 1 heterocycles. The molecule has 3 nitrogen and oxygen atoms in total. The van der Waals surface area contributed by atoms with E-state index in [9.17, 15) is 4.79 Å². The molecular formula is C11H12ClNO2.